The minimum absolute atomic E-state index is 0.117. The number of carbonyl (C=O) groups excluding carboxylic acids is 2. The molecule has 1 amide bonds. The van der Waals surface area contributed by atoms with Crippen molar-refractivity contribution in [2.45, 2.75) is 20.4 Å². The lowest BCUT2D eigenvalue weighted by molar-refractivity contribution is -0.139. The summed E-state index contributed by atoms with van der Waals surface area (Å²) in [5.41, 5.74) is 1.56. The van der Waals surface area contributed by atoms with Crippen LogP contribution < -0.4 is 5.32 Å². The molecular weight excluding hydrogens is 310 g/mol. The number of halogens is 1. The molecule has 0 aromatic carbocycles. The number of amides is 1. The van der Waals surface area contributed by atoms with E-state index in [1.54, 1.807) is 10.7 Å². The number of aryl methyl sites for hydroxylation is 1. The highest BCUT2D eigenvalue weighted by Crippen LogP contribution is 2.20. The lowest BCUT2D eigenvalue weighted by Crippen LogP contribution is -2.29. The van der Waals surface area contributed by atoms with Crippen molar-refractivity contribution in [3.8, 4) is 0 Å². The van der Waals surface area contributed by atoms with Crippen LogP contribution in [0.1, 0.15) is 27.7 Å². The molecule has 0 unspecified atom stereocenters. The molecule has 2 heterocycles. The van der Waals surface area contributed by atoms with Crippen LogP contribution in [0.15, 0.2) is 16.5 Å². The highest BCUT2D eigenvalue weighted by atomic mass is 35.5. The standard InChI is InChI=1S/C14H16ClN3O4/c1-8-13(15)9(2)18(17-8)7-10-4-5-11(22-10)14(20)16-6-12(19)21-3/h4-5H,6-7H2,1-3H3,(H,16,20). The molecule has 0 spiro atoms. The summed E-state index contributed by atoms with van der Waals surface area (Å²) in [5.74, 6) is -0.336. The highest BCUT2D eigenvalue weighted by Gasteiger charge is 2.15. The lowest BCUT2D eigenvalue weighted by atomic mass is 10.4. The Morgan fingerprint density at radius 3 is 2.73 bits per heavy atom. The van der Waals surface area contributed by atoms with Crippen molar-refractivity contribution in [2.24, 2.45) is 0 Å². The Bertz CT molecular complexity index is 705. The number of aromatic nitrogens is 2. The summed E-state index contributed by atoms with van der Waals surface area (Å²) < 4.78 is 11.6. The van der Waals surface area contributed by atoms with Crippen molar-refractivity contribution in [3.05, 3.63) is 40.1 Å². The fraction of sp³-hybridized carbons (Fsp3) is 0.357. The molecule has 0 radical (unpaired) electrons. The molecule has 0 saturated heterocycles. The van der Waals surface area contributed by atoms with Gasteiger partial charge in [0.15, 0.2) is 5.76 Å². The Hall–Kier alpha value is -2.28. The molecule has 8 heteroatoms. The normalized spacial score (nSPS) is 10.5. The van der Waals surface area contributed by atoms with Gasteiger partial charge in [-0.3, -0.25) is 14.3 Å². The third-order valence-corrected chi connectivity index (χ3v) is 3.65. The van der Waals surface area contributed by atoms with Gasteiger partial charge >= 0.3 is 5.97 Å². The van der Waals surface area contributed by atoms with Gasteiger partial charge < -0.3 is 14.5 Å². The van der Waals surface area contributed by atoms with Gasteiger partial charge in [-0.05, 0) is 26.0 Å². The van der Waals surface area contributed by atoms with E-state index >= 15 is 0 Å². The lowest BCUT2D eigenvalue weighted by Gasteiger charge is -2.02. The molecule has 22 heavy (non-hydrogen) atoms. The zero-order chi connectivity index (χ0) is 16.3. The largest absolute Gasteiger partial charge is 0.468 e. The first kappa shape index (κ1) is 16.1. The molecule has 0 aliphatic carbocycles. The van der Waals surface area contributed by atoms with Gasteiger partial charge in [0.2, 0.25) is 0 Å². The zero-order valence-electron chi connectivity index (χ0n) is 12.5. The van der Waals surface area contributed by atoms with E-state index in [2.05, 4.69) is 15.2 Å². The zero-order valence-corrected chi connectivity index (χ0v) is 13.2. The molecule has 2 aromatic heterocycles. The minimum Gasteiger partial charge on any atom is -0.468 e. The number of hydrogen-bond donors (Lipinski definition) is 1. The molecule has 2 rings (SSSR count). The predicted molar refractivity (Wildman–Crippen MR) is 78.9 cm³/mol. The molecule has 0 atom stereocenters. The second kappa shape index (κ2) is 6.65. The third kappa shape index (κ3) is 3.48. The number of nitrogens with zero attached hydrogens (tertiary/aromatic N) is 2. The Balaban J connectivity index is 2.03. The minimum atomic E-state index is -0.530. The van der Waals surface area contributed by atoms with Gasteiger partial charge in [-0.15, -0.1) is 0 Å². The number of nitrogens with one attached hydrogen (secondary N) is 1. The topological polar surface area (TPSA) is 86.4 Å². The van der Waals surface area contributed by atoms with Gasteiger partial charge in [0.05, 0.1) is 30.1 Å². The van der Waals surface area contributed by atoms with Crippen LogP contribution in [0.5, 0.6) is 0 Å². The van der Waals surface area contributed by atoms with E-state index in [4.69, 9.17) is 16.0 Å². The van der Waals surface area contributed by atoms with Crippen LogP contribution in [0, 0.1) is 13.8 Å². The van der Waals surface area contributed by atoms with Crippen LogP contribution in [-0.4, -0.2) is 35.3 Å². The van der Waals surface area contributed by atoms with Crippen LogP contribution in [-0.2, 0) is 16.1 Å². The molecule has 0 aliphatic rings. The maximum atomic E-state index is 11.8. The van der Waals surface area contributed by atoms with E-state index in [1.165, 1.54) is 13.2 Å². The molecule has 1 N–H and O–H groups in total. The monoisotopic (exact) mass is 325 g/mol. The summed E-state index contributed by atoms with van der Waals surface area (Å²) in [6.45, 7) is 3.83. The first-order chi connectivity index (χ1) is 10.4. The Kier molecular flexibility index (Phi) is 4.87. The van der Waals surface area contributed by atoms with Crippen LogP contribution in [0.25, 0.3) is 0 Å². The number of methoxy groups -OCH3 is 1. The number of furan rings is 1. The van der Waals surface area contributed by atoms with Gasteiger partial charge in [-0.2, -0.15) is 5.10 Å². The van der Waals surface area contributed by atoms with Crippen LogP contribution in [0.3, 0.4) is 0 Å². The first-order valence-electron chi connectivity index (χ1n) is 6.55. The number of rotatable bonds is 5. The number of hydrogen-bond acceptors (Lipinski definition) is 5. The molecule has 0 bridgehead atoms. The van der Waals surface area contributed by atoms with Crippen molar-refractivity contribution in [1.29, 1.82) is 0 Å². The van der Waals surface area contributed by atoms with Crippen LogP contribution in [0.4, 0.5) is 0 Å². The second-order valence-corrected chi connectivity index (χ2v) is 5.05. The molecule has 0 saturated carbocycles. The predicted octanol–water partition coefficient (Wildman–Crippen LogP) is 1.70. The molecule has 0 fully saturated rings. The van der Waals surface area contributed by atoms with Gasteiger partial charge in [0.1, 0.15) is 12.3 Å². The number of carbonyl (C=O) groups is 2. The second-order valence-electron chi connectivity index (χ2n) is 4.67. The van der Waals surface area contributed by atoms with Crippen molar-refractivity contribution < 1.29 is 18.7 Å². The summed E-state index contributed by atoms with van der Waals surface area (Å²) in [4.78, 5) is 22.8. The quantitative estimate of drug-likeness (QED) is 0.845. The van der Waals surface area contributed by atoms with E-state index < -0.39 is 11.9 Å². The van der Waals surface area contributed by atoms with Crippen molar-refractivity contribution in [1.82, 2.24) is 15.1 Å². The van der Waals surface area contributed by atoms with Gasteiger partial charge in [0.25, 0.3) is 5.91 Å². The summed E-state index contributed by atoms with van der Waals surface area (Å²) in [7, 11) is 1.25. The molecule has 2 aromatic rings. The molecule has 118 valence electrons. The third-order valence-electron chi connectivity index (χ3n) is 3.11. The van der Waals surface area contributed by atoms with Gasteiger partial charge in [0, 0.05) is 0 Å². The van der Waals surface area contributed by atoms with E-state index in [0.717, 1.165) is 11.4 Å². The van der Waals surface area contributed by atoms with Crippen LogP contribution >= 0.6 is 11.6 Å². The number of ether oxygens (including phenoxy) is 1. The first-order valence-corrected chi connectivity index (χ1v) is 6.93. The van der Waals surface area contributed by atoms with E-state index in [1.807, 2.05) is 13.8 Å². The van der Waals surface area contributed by atoms with E-state index in [0.29, 0.717) is 17.3 Å². The Morgan fingerprint density at radius 2 is 2.14 bits per heavy atom. The molecule has 0 aliphatic heterocycles. The maximum absolute atomic E-state index is 11.8. The smallest absolute Gasteiger partial charge is 0.325 e. The van der Waals surface area contributed by atoms with E-state index in [9.17, 15) is 9.59 Å². The summed E-state index contributed by atoms with van der Waals surface area (Å²) >= 11 is 6.08. The number of esters is 1. The molecule has 7 nitrogen and oxygen atoms in total. The summed E-state index contributed by atoms with van der Waals surface area (Å²) in [6, 6.07) is 3.21. The fourth-order valence-electron chi connectivity index (χ4n) is 1.87. The highest BCUT2D eigenvalue weighted by molar-refractivity contribution is 6.31. The summed E-state index contributed by atoms with van der Waals surface area (Å²) in [6.07, 6.45) is 0. The average Bonchev–Trinajstić information content (AvgIpc) is 3.06. The SMILES string of the molecule is COC(=O)CNC(=O)c1ccc(Cn2nc(C)c(Cl)c2C)o1. The van der Waals surface area contributed by atoms with Gasteiger partial charge in [-0.1, -0.05) is 11.6 Å². The Morgan fingerprint density at radius 1 is 1.41 bits per heavy atom. The fourth-order valence-corrected chi connectivity index (χ4v) is 2.01. The van der Waals surface area contributed by atoms with Gasteiger partial charge in [-0.25, -0.2) is 0 Å². The van der Waals surface area contributed by atoms with Crippen molar-refractivity contribution in [3.63, 3.8) is 0 Å². The maximum Gasteiger partial charge on any atom is 0.325 e. The summed E-state index contributed by atoms with van der Waals surface area (Å²) in [5, 5.41) is 7.31. The Labute approximate surface area is 132 Å². The average molecular weight is 326 g/mol. The van der Waals surface area contributed by atoms with Crippen molar-refractivity contribution in [2.75, 3.05) is 13.7 Å². The van der Waals surface area contributed by atoms with Crippen molar-refractivity contribution >= 4 is 23.5 Å². The molecular formula is C14H16ClN3O4. The van der Waals surface area contributed by atoms with E-state index in [-0.39, 0.29) is 12.3 Å². The van der Waals surface area contributed by atoms with Crippen LogP contribution in [0.2, 0.25) is 5.02 Å².